The van der Waals surface area contributed by atoms with Gasteiger partial charge in [0.25, 0.3) is 5.69 Å². The maximum atomic E-state index is 10.9. The molecule has 0 atom stereocenters. The Kier molecular flexibility index (Phi) is 2.68. The van der Waals surface area contributed by atoms with Gasteiger partial charge in [0.1, 0.15) is 5.52 Å². The molecular formula is C13H10N4O2. The molecule has 3 aromatic rings. The Hall–Kier alpha value is -2.76. The Morgan fingerprint density at radius 1 is 1.05 bits per heavy atom. The molecule has 0 saturated carbocycles. The summed E-state index contributed by atoms with van der Waals surface area (Å²) in [6.07, 6.45) is 0. The second kappa shape index (κ2) is 4.49. The summed E-state index contributed by atoms with van der Waals surface area (Å²) in [5, 5.41) is 19.4. The molecule has 3 rings (SSSR count). The lowest BCUT2D eigenvalue weighted by atomic mass is 10.2. The Morgan fingerprint density at radius 2 is 1.84 bits per heavy atom. The third-order valence-corrected chi connectivity index (χ3v) is 2.80. The highest BCUT2D eigenvalue weighted by Gasteiger charge is 2.15. The molecule has 0 amide bonds. The summed E-state index contributed by atoms with van der Waals surface area (Å²) in [5.41, 5.74) is 1.89. The predicted molar refractivity (Wildman–Crippen MR) is 69.7 cm³/mol. The van der Waals surface area contributed by atoms with Crippen molar-refractivity contribution in [2.45, 2.75) is 6.54 Å². The Morgan fingerprint density at radius 3 is 2.58 bits per heavy atom. The van der Waals surface area contributed by atoms with Gasteiger partial charge in [0, 0.05) is 6.07 Å². The first-order chi connectivity index (χ1) is 9.24. The molecule has 6 heteroatoms. The summed E-state index contributed by atoms with van der Waals surface area (Å²) in [6, 6.07) is 14.5. The average molecular weight is 254 g/mol. The van der Waals surface area contributed by atoms with Crippen molar-refractivity contribution in [3.05, 3.63) is 64.2 Å². The number of nitrogens with zero attached hydrogens (tertiary/aromatic N) is 4. The maximum Gasteiger partial charge on any atom is 0.299 e. The number of benzene rings is 2. The maximum absolute atomic E-state index is 10.9. The fourth-order valence-corrected chi connectivity index (χ4v) is 1.93. The Balaban J connectivity index is 2.03. The lowest BCUT2D eigenvalue weighted by Gasteiger charge is -1.98. The minimum Gasteiger partial charge on any atom is -0.258 e. The predicted octanol–water partition coefficient (Wildman–Crippen LogP) is 2.39. The minimum absolute atomic E-state index is 0.0168. The van der Waals surface area contributed by atoms with Gasteiger partial charge in [0.2, 0.25) is 0 Å². The minimum atomic E-state index is -0.441. The zero-order valence-electron chi connectivity index (χ0n) is 9.93. The largest absolute Gasteiger partial charge is 0.299 e. The number of nitro groups is 1. The highest BCUT2D eigenvalue weighted by atomic mass is 16.6. The summed E-state index contributed by atoms with van der Waals surface area (Å²) in [5.74, 6) is 0. The Bertz CT molecular complexity index is 737. The number of non-ortho nitro benzene ring substituents is 1. The van der Waals surface area contributed by atoms with E-state index in [9.17, 15) is 10.1 Å². The van der Waals surface area contributed by atoms with Crippen LogP contribution in [0.3, 0.4) is 0 Å². The van der Waals surface area contributed by atoms with Crippen LogP contribution in [0.25, 0.3) is 11.0 Å². The molecule has 6 nitrogen and oxygen atoms in total. The number of fused-ring (bicyclic) bond motifs is 1. The van der Waals surface area contributed by atoms with Gasteiger partial charge in [-0.15, -0.1) is 5.10 Å². The van der Waals surface area contributed by atoms with E-state index in [1.807, 2.05) is 30.3 Å². The van der Waals surface area contributed by atoms with Crippen LogP contribution < -0.4 is 0 Å². The van der Waals surface area contributed by atoms with Gasteiger partial charge in [0.05, 0.1) is 11.5 Å². The summed E-state index contributed by atoms with van der Waals surface area (Å²) in [7, 11) is 0. The van der Waals surface area contributed by atoms with Crippen molar-refractivity contribution in [1.29, 1.82) is 0 Å². The van der Waals surface area contributed by atoms with Gasteiger partial charge in [-0.25, -0.2) is 0 Å². The van der Waals surface area contributed by atoms with Crippen molar-refractivity contribution >= 4 is 16.7 Å². The molecule has 0 spiro atoms. The lowest BCUT2D eigenvalue weighted by molar-refractivity contribution is -0.383. The van der Waals surface area contributed by atoms with Crippen LogP contribution in [0.2, 0.25) is 0 Å². The zero-order valence-corrected chi connectivity index (χ0v) is 9.93. The van der Waals surface area contributed by atoms with Gasteiger partial charge in [-0.05, 0) is 11.6 Å². The van der Waals surface area contributed by atoms with Gasteiger partial charge >= 0.3 is 0 Å². The van der Waals surface area contributed by atoms with E-state index in [0.717, 1.165) is 5.56 Å². The molecule has 19 heavy (non-hydrogen) atoms. The van der Waals surface area contributed by atoms with E-state index in [1.165, 1.54) is 10.9 Å². The van der Waals surface area contributed by atoms with Crippen LogP contribution in [0.5, 0.6) is 0 Å². The number of rotatable bonds is 3. The highest BCUT2D eigenvalue weighted by Crippen LogP contribution is 2.21. The van der Waals surface area contributed by atoms with Gasteiger partial charge in [-0.2, -0.15) is 9.90 Å². The van der Waals surface area contributed by atoms with Crippen LogP contribution >= 0.6 is 0 Å². The van der Waals surface area contributed by atoms with Crippen molar-refractivity contribution in [3.8, 4) is 0 Å². The topological polar surface area (TPSA) is 73.8 Å². The molecule has 0 fully saturated rings. The van der Waals surface area contributed by atoms with Crippen LogP contribution in [-0.4, -0.2) is 19.9 Å². The third-order valence-electron chi connectivity index (χ3n) is 2.80. The first-order valence-electron chi connectivity index (χ1n) is 5.76. The molecule has 0 aliphatic rings. The smallest absolute Gasteiger partial charge is 0.258 e. The summed E-state index contributed by atoms with van der Waals surface area (Å²) in [6.45, 7) is 0.493. The second-order valence-electron chi connectivity index (χ2n) is 4.12. The summed E-state index contributed by atoms with van der Waals surface area (Å²) >= 11 is 0. The number of nitro benzene ring substituents is 1. The van der Waals surface area contributed by atoms with Crippen molar-refractivity contribution in [2.24, 2.45) is 0 Å². The SMILES string of the molecule is O=[N+]([O-])c1cccc2nn(Cc3ccccc3)nc12. The van der Waals surface area contributed by atoms with Crippen LogP contribution in [0.15, 0.2) is 48.5 Å². The molecule has 1 heterocycles. The van der Waals surface area contributed by atoms with E-state index >= 15 is 0 Å². The monoisotopic (exact) mass is 254 g/mol. The number of hydrogen-bond acceptors (Lipinski definition) is 4. The van der Waals surface area contributed by atoms with E-state index in [1.54, 1.807) is 12.1 Å². The van der Waals surface area contributed by atoms with Crippen LogP contribution in [0, 0.1) is 10.1 Å². The molecule has 0 N–H and O–H groups in total. The molecule has 0 saturated heterocycles. The van der Waals surface area contributed by atoms with Crippen LogP contribution in [0.1, 0.15) is 5.56 Å². The molecule has 94 valence electrons. The van der Waals surface area contributed by atoms with E-state index in [4.69, 9.17) is 0 Å². The van der Waals surface area contributed by atoms with Crippen LogP contribution in [0.4, 0.5) is 5.69 Å². The van der Waals surface area contributed by atoms with Crippen molar-refractivity contribution in [2.75, 3.05) is 0 Å². The summed E-state index contributed by atoms with van der Waals surface area (Å²) in [4.78, 5) is 11.9. The van der Waals surface area contributed by atoms with Gasteiger partial charge in [0.15, 0.2) is 5.52 Å². The van der Waals surface area contributed by atoms with Crippen molar-refractivity contribution < 1.29 is 4.92 Å². The fourth-order valence-electron chi connectivity index (χ4n) is 1.93. The average Bonchev–Trinajstić information content (AvgIpc) is 2.81. The van der Waals surface area contributed by atoms with E-state index < -0.39 is 4.92 Å². The van der Waals surface area contributed by atoms with E-state index in [-0.39, 0.29) is 5.69 Å². The number of aromatic nitrogens is 3. The first kappa shape index (κ1) is 11.3. The third kappa shape index (κ3) is 2.15. The molecule has 0 aliphatic heterocycles. The fraction of sp³-hybridized carbons (Fsp3) is 0.0769. The summed E-state index contributed by atoms with van der Waals surface area (Å²) < 4.78 is 0. The standard InChI is InChI=1S/C13H10N4O2/c18-17(19)12-8-4-7-11-13(12)15-16(14-11)9-10-5-2-1-3-6-10/h1-8H,9H2. The number of hydrogen-bond donors (Lipinski definition) is 0. The quantitative estimate of drug-likeness (QED) is 0.531. The molecule has 1 aromatic heterocycles. The van der Waals surface area contributed by atoms with Crippen molar-refractivity contribution in [3.63, 3.8) is 0 Å². The highest BCUT2D eigenvalue weighted by molar-refractivity contribution is 5.83. The van der Waals surface area contributed by atoms with E-state index in [0.29, 0.717) is 17.6 Å². The van der Waals surface area contributed by atoms with Gasteiger partial charge in [-0.1, -0.05) is 36.4 Å². The van der Waals surface area contributed by atoms with Crippen molar-refractivity contribution in [1.82, 2.24) is 15.0 Å². The molecular weight excluding hydrogens is 244 g/mol. The van der Waals surface area contributed by atoms with Crippen LogP contribution in [-0.2, 0) is 6.54 Å². The zero-order chi connectivity index (χ0) is 13.2. The molecule has 0 unspecified atom stereocenters. The van der Waals surface area contributed by atoms with Gasteiger partial charge < -0.3 is 0 Å². The van der Waals surface area contributed by atoms with E-state index in [2.05, 4.69) is 10.2 Å². The lowest BCUT2D eigenvalue weighted by Crippen LogP contribution is -2.03. The normalized spacial score (nSPS) is 10.7. The first-order valence-corrected chi connectivity index (χ1v) is 5.76. The second-order valence-corrected chi connectivity index (χ2v) is 4.12. The molecule has 2 aromatic carbocycles. The Labute approximate surface area is 108 Å². The molecule has 0 bridgehead atoms. The van der Waals surface area contributed by atoms with Gasteiger partial charge in [-0.3, -0.25) is 10.1 Å². The molecule has 0 aliphatic carbocycles. The molecule has 0 radical (unpaired) electrons.